The van der Waals surface area contributed by atoms with Crippen LogP contribution < -0.4 is 9.80 Å². The maximum absolute atomic E-state index is 13.2. The number of anilines is 2. The molecular weight excluding hydrogens is 340 g/mol. The van der Waals surface area contributed by atoms with E-state index in [0.29, 0.717) is 16.9 Å². The van der Waals surface area contributed by atoms with E-state index in [-0.39, 0.29) is 0 Å². The summed E-state index contributed by atoms with van der Waals surface area (Å²) in [5.41, 5.74) is 2.11. The summed E-state index contributed by atoms with van der Waals surface area (Å²) in [6, 6.07) is 13.7. The molecule has 0 aromatic heterocycles. The molecule has 0 saturated carbocycles. The van der Waals surface area contributed by atoms with Crippen LogP contribution in [0.2, 0.25) is 0 Å². The first-order valence-electron chi connectivity index (χ1n) is 7.80. The van der Waals surface area contributed by atoms with Crippen LogP contribution in [0.25, 0.3) is 0 Å². The second-order valence-corrected chi connectivity index (χ2v) is 8.46. The van der Waals surface area contributed by atoms with Crippen LogP contribution in [-0.2, 0) is 24.3 Å². The first kappa shape index (κ1) is 15.8. The number of fused-ring (bicyclic) bond motifs is 2. The molecule has 128 valence electrons. The van der Waals surface area contributed by atoms with Gasteiger partial charge in [-0.05, 0) is 30.7 Å². The molecule has 2 amide bonds. The normalized spacial score (nSPS) is 24.2. The number of carbonyl (C=O) groups excluding carboxylic acids is 2. The highest BCUT2D eigenvalue weighted by Gasteiger charge is 2.69. The maximum atomic E-state index is 13.2. The lowest BCUT2D eigenvalue weighted by molar-refractivity contribution is -0.123. The van der Waals surface area contributed by atoms with Crippen molar-refractivity contribution in [3.05, 3.63) is 59.7 Å². The number of benzene rings is 2. The van der Waals surface area contributed by atoms with Crippen LogP contribution in [0.5, 0.6) is 0 Å². The third kappa shape index (κ3) is 1.81. The van der Waals surface area contributed by atoms with E-state index in [9.17, 15) is 18.0 Å². The molecule has 0 aliphatic carbocycles. The fourth-order valence-electron chi connectivity index (χ4n) is 3.76. The third-order valence-electron chi connectivity index (χ3n) is 4.81. The molecule has 2 heterocycles. The van der Waals surface area contributed by atoms with Crippen molar-refractivity contribution in [2.75, 3.05) is 22.6 Å². The van der Waals surface area contributed by atoms with E-state index in [4.69, 9.17) is 0 Å². The molecule has 1 atom stereocenters. The largest absolute Gasteiger partial charge is 0.312 e. The number of sulfone groups is 1. The lowest BCUT2D eigenvalue weighted by Gasteiger charge is -2.32. The van der Waals surface area contributed by atoms with Crippen LogP contribution in [0, 0.1) is 6.92 Å². The topological polar surface area (TPSA) is 74.8 Å². The average molecular weight is 356 g/mol. The van der Waals surface area contributed by atoms with Gasteiger partial charge in [0.2, 0.25) is 5.91 Å². The molecule has 4 rings (SSSR count). The van der Waals surface area contributed by atoms with Crippen LogP contribution in [0.4, 0.5) is 11.4 Å². The van der Waals surface area contributed by atoms with Gasteiger partial charge in [0.25, 0.3) is 10.8 Å². The van der Waals surface area contributed by atoms with Crippen molar-refractivity contribution in [3.63, 3.8) is 0 Å². The predicted molar refractivity (Wildman–Crippen MR) is 94.0 cm³/mol. The smallest absolute Gasteiger partial charge is 0.273 e. The van der Waals surface area contributed by atoms with Gasteiger partial charge in [0.15, 0.2) is 9.84 Å². The lowest BCUT2D eigenvalue weighted by Crippen LogP contribution is -2.53. The molecule has 2 aliphatic rings. The number of likely N-dealkylation sites (N-methyl/N-ethyl adjacent to an activating group) is 1. The molecule has 0 N–H and O–H groups in total. The summed E-state index contributed by atoms with van der Waals surface area (Å²) in [6.45, 7) is 1.85. The molecule has 1 saturated heterocycles. The minimum absolute atomic E-state index is 0.329. The van der Waals surface area contributed by atoms with E-state index in [1.54, 1.807) is 42.5 Å². The van der Waals surface area contributed by atoms with E-state index >= 15 is 0 Å². The number of amides is 2. The molecule has 7 heteroatoms. The first-order valence-corrected chi connectivity index (χ1v) is 9.45. The molecule has 2 aliphatic heterocycles. The standard InChI is InChI=1S/C18H16N2O4S/c1-12-6-5-7-13(10-12)20-16(21)11-25(23,24)18(20)14-8-3-4-9-15(14)19(2)17(18)22/h3-10H,11H2,1-2H3. The summed E-state index contributed by atoms with van der Waals surface area (Å²) in [5, 5.41) is 0. The van der Waals surface area contributed by atoms with Gasteiger partial charge in [-0.1, -0.05) is 30.3 Å². The Morgan fingerprint density at radius 2 is 1.76 bits per heavy atom. The minimum atomic E-state index is -4.06. The number of hydrogen-bond donors (Lipinski definition) is 0. The van der Waals surface area contributed by atoms with Crippen molar-refractivity contribution in [2.45, 2.75) is 11.8 Å². The van der Waals surface area contributed by atoms with E-state index in [1.807, 2.05) is 13.0 Å². The Hall–Kier alpha value is -2.67. The van der Waals surface area contributed by atoms with E-state index in [0.717, 1.165) is 10.5 Å². The Labute approximate surface area is 145 Å². The van der Waals surface area contributed by atoms with Crippen LogP contribution in [0.15, 0.2) is 48.5 Å². The zero-order valence-corrected chi connectivity index (χ0v) is 14.6. The number of hydrogen-bond acceptors (Lipinski definition) is 4. The van der Waals surface area contributed by atoms with Gasteiger partial charge in [-0.25, -0.2) is 8.42 Å². The molecule has 0 radical (unpaired) electrons. The molecule has 1 unspecified atom stereocenters. The van der Waals surface area contributed by atoms with Crippen LogP contribution in [0.1, 0.15) is 11.1 Å². The van der Waals surface area contributed by atoms with E-state index < -0.39 is 32.3 Å². The highest BCUT2D eigenvalue weighted by molar-refractivity contribution is 7.94. The van der Waals surface area contributed by atoms with Crippen LogP contribution >= 0.6 is 0 Å². The molecule has 1 fully saturated rings. The molecule has 25 heavy (non-hydrogen) atoms. The second-order valence-electron chi connectivity index (χ2n) is 6.35. The zero-order chi connectivity index (χ0) is 18.0. The molecule has 2 aromatic rings. The minimum Gasteiger partial charge on any atom is -0.312 e. The number of rotatable bonds is 1. The quantitative estimate of drug-likeness (QED) is 0.778. The van der Waals surface area contributed by atoms with Crippen molar-refractivity contribution in [3.8, 4) is 0 Å². The van der Waals surface area contributed by atoms with Gasteiger partial charge >= 0.3 is 0 Å². The van der Waals surface area contributed by atoms with Gasteiger partial charge < -0.3 is 4.90 Å². The van der Waals surface area contributed by atoms with Gasteiger partial charge in [0.1, 0.15) is 5.75 Å². The molecule has 0 bridgehead atoms. The highest BCUT2D eigenvalue weighted by atomic mass is 32.2. The second kappa shape index (κ2) is 4.92. The molecular formula is C18H16N2O4S. The Morgan fingerprint density at radius 3 is 2.48 bits per heavy atom. The molecule has 1 spiro atoms. The summed E-state index contributed by atoms with van der Waals surface area (Å²) < 4.78 is 26.1. The fraction of sp³-hybridized carbons (Fsp3) is 0.222. The van der Waals surface area contributed by atoms with Gasteiger partial charge in [0.05, 0.1) is 5.69 Å². The number of para-hydroxylation sites is 1. The Bertz CT molecular complexity index is 1030. The summed E-state index contributed by atoms with van der Waals surface area (Å²) in [7, 11) is -2.53. The van der Waals surface area contributed by atoms with Crippen molar-refractivity contribution >= 4 is 33.0 Å². The Kier molecular flexibility index (Phi) is 3.12. The molecule has 2 aromatic carbocycles. The number of carbonyl (C=O) groups is 2. The van der Waals surface area contributed by atoms with E-state index in [2.05, 4.69) is 0 Å². The lowest BCUT2D eigenvalue weighted by atomic mass is 10.0. The van der Waals surface area contributed by atoms with Crippen molar-refractivity contribution in [1.29, 1.82) is 0 Å². The zero-order valence-electron chi connectivity index (χ0n) is 13.8. The molecule has 6 nitrogen and oxygen atoms in total. The predicted octanol–water partition coefficient (Wildman–Crippen LogP) is 1.59. The van der Waals surface area contributed by atoms with Crippen molar-refractivity contribution in [1.82, 2.24) is 0 Å². The summed E-state index contributed by atoms with van der Waals surface area (Å²) >= 11 is 0. The summed E-state index contributed by atoms with van der Waals surface area (Å²) in [6.07, 6.45) is 0. The van der Waals surface area contributed by atoms with Gasteiger partial charge in [-0.15, -0.1) is 0 Å². The Morgan fingerprint density at radius 1 is 1.04 bits per heavy atom. The SMILES string of the molecule is Cc1cccc(N2C(=O)CS(=O)(=O)C23C(=O)N(C)c2ccccc23)c1. The summed E-state index contributed by atoms with van der Waals surface area (Å²) in [4.78, 5) is 26.3. The fourth-order valence-corrected chi connectivity index (χ4v) is 5.82. The third-order valence-corrected chi connectivity index (χ3v) is 6.92. The summed E-state index contributed by atoms with van der Waals surface area (Å²) in [5.74, 6) is -1.90. The number of aryl methyl sites for hydroxylation is 1. The Balaban J connectivity index is 2.09. The van der Waals surface area contributed by atoms with Gasteiger partial charge in [-0.2, -0.15) is 0 Å². The average Bonchev–Trinajstić information content (AvgIpc) is 2.92. The van der Waals surface area contributed by atoms with Crippen LogP contribution in [-0.4, -0.2) is 33.0 Å². The van der Waals surface area contributed by atoms with Crippen LogP contribution in [0.3, 0.4) is 0 Å². The van der Waals surface area contributed by atoms with E-state index in [1.165, 1.54) is 11.9 Å². The monoisotopic (exact) mass is 356 g/mol. The van der Waals surface area contributed by atoms with Crippen molar-refractivity contribution < 1.29 is 18.0 Å². The van der Waals surface area contributed by atoms with Crippen molar-refractivity contribution in [2.24, 2.45) is 0 Å². The maximum Gasteiger partial charge on any atom is 0.273 e. The first-order chi connectivity index (χ1) is 11.8. The van der Waals surface area contributed by atoms with Gasteiger partial charge in [0, 0.05) is 18.3 Å². The highest BCUT2D eigenvalue weighted by Crippen LogP contribution is 2.51. The van der Waals surface area contributed by atoms with Gasteiger partial charge in [-0.3, -0.25) is 14.5 Å². The number of nitrogens with zero attached hydrogens (tertiary/aromatic N) is 2.